The summed E-state index contributed by atoms with van der Waals surface area (Å²) in [5.41, 5.74) is 5.09. The van der Waals surface area contributed by atoms with Gasteiger partial charge in [-0.3, -0.25) is 4.79 Å². The molecule has 4 aromatic rings. The first-order valence-electron chi connectivity index (χ1n) is 15.6. The molecule has 1 N–H and O–H groups in total. The Morgan fingerprint density at radius 1 is 1.15 bits per heavy atom. The molecule has 7 rings (SSSR count). The number of hydrogen-bond donors (Lipinski definition) is 1. The van der Waals surface area contributed by atoms with Crippen molar-refractivity contribution in [1.29, 1.82) is 0 Å². The van der Waals surface area contributed by atoms with Crippen LogP contribution in [0, 0.1) is 6.92 Å². The quantitative estimate of drug-likeness (QED) is 0.351. The number of carbonyl (C=O) groups is 2. The number of carbonyl (C=O) groups excluding carboxylic acids is 2. The standard InChI is InChI=1S/C32H34N6O3/c1-18-8-6-9-21-25(18)22-15-24(37(5)28(21)39)27-26(22)23-14-19(10-13-38(23)36-27)20-16-33-29(34-17-20)32(11-7-12-32)35-30(40)41-31(2,3)4/h6,8-10,13-14,16-17,22,24H,7,11-12,15H2,1-5H3,(H,35,40)/t22-,24-/m1/s1/i5D3. The predicted molar refractivity (Wildman–Crippen MR) is 154 cm³/mol. The summed E-state index contributed by atoms with van der Waals surface area (Å²) >= 11 is 0. The molecule has 3 aliphatic rings. The lowest BCUT2D eigenvalue weighted by atomic mass is 9.76. The lowest BCUT2D eigenvalue weighted by molar-refractivity contribution is 0.0364. The van der Waals surface area contributed by atoms with E-state index in [9.17, 15) is 9.59 Å². The highest BCUT2D eigenvalue weighted by atomic mass is 16.6. The number of fused-ring (bicyclic) bond motifs is 9. The molecular formula is C32H34N6O3. The number of pyridine rings is 1. The Kier molecular flexibility index (Phi) is 4.85. The second-order valence-corrected chi connectivity index (χ2v) is 12.4. The Balaban J connectivity index is 1.27. The highest BCUT2D eigenvalue weighted by molar-refractivity contribution is 5.98. The zero-order valence-electron chi connectivity index (χ0n) is 26.6. The zero-order chi connectivity index (χ0) is 31.2. The molecule has 41 heavy (non-hydrogen) atoms. The molecule has 9 nitrogen and oxygen atoms in total. The first-order valence-corrected chi connectivity index (χ1v) is 14.1. The van der Waals surface area contributed by atoms with E-state index in [1.165, 1.54) is 0 Å². The number of aromatic nitrogens is 4. The lowest BCUT2D eigenvalue weighted by Gasteiger charge is -2.41. The zero-order valence-corrected chi connectivity index (χ0v) is 23.6. The molecule has 1 aliphatic heterocycles. The van der Waals surface area contributed by atoms with E-state index < -0.39 is 36.2 Å². The number of alkyl carbamates (subject to hydrolysis) is 1. The molecule has 2 aliphatic carbocycles. The molecule has 4 heterocycles. The highest BCUT2D eigenvalue weighted by Crippen LogP contribution is 2.52. The summed E-state index contributed by atoms with van der Waals surface area (Å²) in [6.07, 6.45) is 7.78. The van der Waals surface area contributed by atoms with Gasteiger partial charge >= 0.3 is 6.09 Å². The lowest BCUT2D eigenvalue weighted by Crippen LogP contribution is -2.53. The van der Waals surface area contributed by atoms with Crippen molar-refractivity contribution in [1.82, 2.24) is 29.8 Å². The van der Waals surface area contributed by atoms with Gasteiger partial charge in [0.1, 0.15) is 11.1 Å². The Labute approximate surface area is 243 Å². The highest BCUT2D eigenvalue weighted by Gasteiger charge is 2.45. The van der Waals surface area contributed by atoms with Gasteiger partial charge in [-0.25, -0.2) is 19.3 Å². The van der Waals surface area contributed by atoms with Crippen LogP contribution in [0.3, 0.4) is 0 Å². The summed E-state index contributed by atoms with van der Waals surface area (Å²) < 4.78 is 32.0. The monoisotopic (exact) mass is 553 g/mol. The molecule has 0 spiro atoms. The second kappa shape index (κ2) is 8.86. The molecule has 210 valence electrons. The van der Waals surface area contributed by atoms with E-state index in [1.54, 1.807) is 29.0 Å². The van der Waals surface area contributed by atoms with Gasteiger partial charge in [0.25, 0.3) is 5.91 Å². The number of hydrogen-bond acceptors (Lipinski definition) is 6. The maximum absolute atomic E-state index is 13.6. The van der Waals surface area contributed by atoms with Crippen LogP contribution < -0.4 is 5.32 Å². The van der Waals surface area contributed by atoms with Gasteiger partial charge in [-0.2, -0.15) is 5.10 Å². The van der Waals surface area contributed by atoms with Crippen molar-refractivity contribution in [2.75, 3.05) is 6.98 Å². The van der Waals surface area contributed by atoms with Gasteiger partial charge < -0.3 is 15.0 Å². The third kappa shape index (κ3) is 4.01. The van der Waals surface area contributed by atoms with Crippen LogP contribution >= 0.6 is 0 Å². The van der Waals surface area contributed by atoms with E-state index in [-0.39, 0.29) is 5.92 Å². The molecule has 1 aromatic carbocycles. The number of aryl methyl sites for hydroxylation is 1. The molecule has 1 fully saturated rings. The van der Waals surface area contributed by atoms with Gasteiger partial charge in [-0.15, -0.1) is 0 Å². The Morgan fingerprint density at radius 2 is 1.93 bits per heavy atom. The third-order valence-corrected chi connectivity index (χ3v) is 8.62. The third-order valence-electron chi connectivity index (χ3n) is 8.62. The van der Waals surface area contributed by atoms with Crippen molar-refractivity contribution >= 4 is 17.5 Å². The number of amides is 2. The number of nitrogens with zero attached hydrogens (tertiary/aromatic N) is 5. The van der Waals surface area contributed by atoms with E-state index in [2.05, 4.69) is 15.3 Å². The minimum atomic E-state index is -2.62. The van der Waals surface area contributed by atoms with Crippen LogP contribution in [-0.4, -0.2) is 49.1 Å². The second-order valence-electron chi connectivity index (χ2n) is 12.4. The summed E-state index contributed by atoms with van der Waals surface area (Å²) in [7, 11) is 0. The maximum Gasteiger partial charge on any atom is 0.408 e. The van der Waals surface area contributed by atoms with Crippen LogP contribution in [0.1, 0.15) is 101 Å². The molecular weight excluding hydrogens is 516 g/mol. The normalized spacial score (nSPS) is 22.1. The fourth-order valence-electron chi connectivity index (χ4n) is 6.57. The van der Waals surface area contributed by atoms with E-state index in [1.807, 2.05) is 52.1 Å². The smallest absolute Gasteiger partial charge is 0.408 e. The van der Waals surface area contributed by atoms with Gasteiger partial charge in [0.2, 0.25) is 0 Å². The fraction of sp³-hybridized carbons (Fsp3) is 0.406. The van der Waals surface area contributed by atoms with Gasteiger partial charge in [0, 0.05) is 52.3 Å². The van der Waals surface area contributed by atoms with E-state index >= 15 is 0 Å². The van der Waals surface area contributed by atoms with Crippen molar-refractivity contribution < 1.29 is 18.4 Å². The Hall–Kier alpha value is -4.27. The molecule has 0 unspecified atom stereocenters. The number of benzene rings is 1. The number of rotatable bonds is 3. The summed E-state index contributed by atoms with van der Waals surface area (Å²) in [4.78, 5) is 36.6. The number of nitrogens with one attached hydrogen (secondary N) is 1. The topological polar surface area (TPSA) is 102 Å². The summed E-state index contributed by atoms with van der Waals surface area (Å²) in [5.74, 6) is -0.107. The SMILES string of the molecule is [2H]C([2H])([2H])N1C(=O)c2cccc(C)c2[C@H]2C[C@@H]1c1nn3ccc(-c4cnc(C5(NC(=O)OC(C)(C)C)CCC5)nc4)cc3c12. The molecule has 2 amide bonds. The minimum absolute atomic E-state index is 0.175. The molecule has 0 saturated heterocycles. The van der Waals surface area contributed by atoms with Crippen LogP contribution in [0.4, 0.5) is 4.79 Å². The first-order chi connectivity index (χ1) is 20.8. The molecule has 9 heteroatoms. The fourth-order valence-corrected chi connectivity index (χ4v) is 6.57. The molecule has 0 radical (unpaired) electrons. The minimum Gasteiger partial charge on any atom is -0.444 e. The van der Waals surface area contributed by atoms with Crippen molar-refractivity contribution in [2.45, 2.75) is 76.5 Å². The van der Waals surface area contributed by atoms with Crippen molar-refractivity contribution in [3.63, 3.8) is 0 Å². The molecule has 2 atom stereocenters. The van der Waals surface area contributed by atoms with Crippen LogP contribution in [0.15, 0.2) is 48.9 Å². The van der Waals surface area contributed by atoms with Crippen LogP contribution in [-0.2, 0) is 10.3 Å². The first kappa shape index (κ1) is 22.4. The molecule has 3 aromatic heterocycles. The van der Waals surface area contributed by atoms with Crippen LogP contribution in [0.5, 0.6) is 0 Å². The van der Waals surface area contributed by atoms with E-state index in [0.29, 0.717) is 23.5 Å². The predicted octanol–water partition coefficient (Wildman–Crippen LogP) is 5.67. The summed E-state index contributed by atoms with van der Waals surface area (Å²) in [6.45, 7) is 4.84. The van der Waals surface area contributed by atoms with Gasteiger partial charge in [0.15, 0.2) is 5.82 Å². The van der Waals surface area contributed by atoms with Gasteiger partial charge in [-0.05, 0) is 88.3 Å². The average Bonchev–Trinajstić information content (AvgIpc) is 3.42. The van der Waals surface area contributed by atoms with Gasteiger partial charge in [0.05, 0.1) is 17.3 Å². The van der Waals surface area contributed by atoms with Crippen molar-refractivity contribution in [3.8, 4) is 11.1 Å². The molecule has 1 saturated carbocycles. The summed E-state index contributed by atoms with van der Waals surface area (Å²) in [6, 6.07) is 8.78. The van der Waals surface area contributed by atoms with Crippen LogP contribution in [0.25, 0.3) is 16.6 Å². The number of ether oxygens (including phenoxy) is 1. The Morgan fingerprint density at radius 3 is 2.61 bits per heavy atom. The van der Waals surface area contributed by atoms with Crippen LogP contribution in [0.2, 0.25) is 0 Å². The van der Waals surface area contributed by atoms with E-state index in [0.717, 1.165) is 57.5 Å². The maximum atomic E-state index is 13.6. The van der Waals surface area contributed by atoms with E-state index in [4.69, 9.17) is 13.9 Å². The molecule has 2 bridgehead atoms. The Bertz CT molecular complexity index is 1820. The van der Waals surface area contributed by atoms with Gasteiger partial charge in [-0.1, -0.05) is 12.1 Å². The largest absolute Gasteiger partial charge is 0.444 e. The van der Waals surface area contributed by atoms with Crippen molar-refractivity contribution in [2.24, 2.45) is 0 Å². The summed E-state index contributed by atoms with van der Waals surface area (Å²) in [5, 5.41) is 7.82. The average molecular weight is 554 g/mol. The van der Waals surface area contributed by atoms with Crippen molar-refractivity contribution in [3.05, 3.63) is 82.7 Å².